The molecule has 1 saturated heterocycles. The molecular weight excluding hydrogens is 310 g/mol. The van der Waals surface area contributed by atoms with Crippen LogP contribution in [0.4, 0.5) is 5.00 Å². The van der Waals surface area contributed by atoms with Gasteiger partial charge in [0.05, 0.1) is 30.9 Å². The molecule has 0 bridgehead atoms. The Morgan fingerprint density at radius 1 is 1.22 bits per heavy atom. The van der Waals surface area contributed by atoms with Gasteiger partial charge in [0, 0.05) is 18.0 Å². The van der Waals surface area contributed by atoms with Gasteiger partial charge < -0.3 is 9.64 Å². The molecule has 1 aromatic carbocycles. The van der Waals surface area contributed by atoms with Crippen LogP contribution in [-0.4, -0.2) is 38.4 Å². The number of thiophene rings is 1. The van der Waals surface area contributed by atoms with E-state index in [0.29, 0.717) is 6.42 Å². The summed E-state index contributed by atoms with van der Waals surface area (Å²) < 4.78 is 5.36. The molecule has 2 aromatic rings. The van der Waals surface area contributed by atoms with Gasteiger partial charge in [-0.1, -0.05) is 30.3 Å². The zero-order chi connectivity index (χ0) is 15.9. The number of nitrogens with zero attached hydrogens (tertiary/aromatic N) is 2. The summed E-state index contributed by atoms with van der Waals surface area (Å²) in [5.74, 6) is -0.114. The van der Waals surface area contributed by atoms with Crippen molar-refractivity contribution < 1.29 is 9.53 Å². The standard InChI is InChI=1S/C17H19N3O2S/c21-16(12-14-4-2-1-3-5-14)19-18-13-15-6-7-17(23-15)20-8-10-22-11-9-20/h1-7,13H,8-12H2,(H,19,21). The van der Waals surface area contributed by atoms with E-state index in [1.165, 1.54) is 5.00 Å². The summed E-state index contributed by atoms with van der Waals surface area (Å²) in [6.45, 7) is 3.39. The highest BCUT2D eigenvalue weighted by Crippen LogP contribution is 2.25. The molecule has 3 rings (SSSR count). The minimum atomic E-state index is -0.114. The minimum absolute atomic E-state index is 0.114. The maximum absolute atomic E-state index is 11.8. The molecule has 0 unspecified atom stereocenters. The lowest BCUT2D eigenvalue weighted by Crippen LogP contribution is -2.35. The monoisotopic (exact) mass is 329 g/mol. The highest BCUT2D eigenvalue weighted by molar-refractivity contribution is 7.17. The van der Waals surface area contributed by atoms with Crippen LogP contribution in [0.2, 0.25) is 0 Å². The van der Waals surface area contributed by atoms with Crippen LogP contribution >= 0.6 is 11.3 Å². The Morgan fingerprint density at radius 2 is 2.00 bits per heavy atom. The van der Waals surface area contributed by atoms with Gasteiger partial charge >= 0.3 is 0 Å². The van der Waals surface area contributed by atoms with Gasteiger partial charge in [-0.3, -0.25) is 4.79 Å². The third kappa shape index (κ3) is 4.64. The third-order valence-corrected chi connectivity index (χ3v) is 4.60. The molecule has 120 valence electrons. The van der Waals surface area contributed by atoms with Gasteiger partial charge in [0.2, 0.25) is 5.91 Å². The summed E-state index contributed by atoms with van der Waals surface area (Å²) >= 11 is 1.66. The number of rotatable bonds is 5. The molecule has 5 nitrogen and oxygen atoms in total. The Morgan fingerprint density at radius 3 is 2.78 bits per heavy atom. The summed E-state index contributed by atoms with van der Waals surface area (Å²) in [4.78, 5) is 15.1. The van der Waals surface area contributed by atoms with Crippen LogP contribution in [0.3, 0.4) is 0 Å². The van der Waals surface area contributed by atoms with Crippen molar-refractivity contribution in [2.75, 3.05) is 31.2 Å². The first kappa shape index (κ1) is 15.7. The van der Waals surface area contributed by atoms with E-state index in [1.807, 2.05) is 36.4 Å². The molecule has 0 spiro atoms. The summed E-state index contributed by atoms with van der Waals surface area (Å²) in [5.41, 5.74) is 3.55. The van der Waals surface area contributed by atoms with E-state index in [-0.39, 0.29) is 5.91 Å². The van der Waals surface area contributed by atoms with Crippen molar-refractivity contribution in [3.05, 3.63) is 52.9 Å². The molecule has 1 N–H and O–H groups in total. The first-order valence-electron chi connectivity index (χ1n) is 7.59. The number of amides is 1. The zero-order valence-electron chi connectivity index (χ0n) is 12.8. The minimum Gasteiger partial charge on any atom is -0.378 e. The number of hydrogen-bond acceptors (Lipinski definition) is 5. The molecule has 1 aromatic heterocycles. The van der Waals surface area contributed by atoms with Gasteiger partial charge in [0.25, 0.3) is 0 Å². The molecule has 23 heavy (non-hydrogen) atoms. The lowest BCUT2D eigenvalue weighted by Gasteiger charge is -2.27. The van der Waals surface area contributed by atoms with E-state index in [9.17, 15) is 4.79 Å². The molecule has 6 heteroatoms. The van der Waals surface area contributed by atoms with Gasteiger partial charge in [-0.05, 0) is 17.7 Å². The molecule has 1 amide bonds. The quantitative estimate of drug-likeness (QED) is 0.676. The maximum atomic E-state index is 11.8. The average molecular weight is 329 g/mol. The fourth-order valence-electron chi connectivity index (χ4n) is 2.35. The summed E-state index contributed by atoms with van der Waals surface area (Å²) in [7, 11) is 0. The predicted molar refractivity (Wildman–Crippen MR) is 93.2 cm³/mol. The second kappa shape index (κ2) is 7.89. The number of nitrogens with one attached hydrogen (secondary N) is 1. The number of hydrazone groups is 1. The second-order valence-corrected chi connectivity index (χ2v) is 6.32. The van der Waals surface area contributed by atoms with Crippen molar-refractivity contribution in [3.8, 4) is 0 Å². The largest absolute Gasteiger partial charge is 0.378 e. The molecule has 0 atom stereocenters. The van der Waals surface area contributed by atoms with Crippen LogP contribution in [0.25, 0.3) is 0 Å². The number of anilines is 1. The van der Waals surface area contributed by atoms with Crippen LogP contribution in [0.15, 0.2) is 47.6 Å². The SMILES string of the molecule is O=C(Cc1ccccc1)NN=Cc1ccc(N2CCOCC2)s1. The van der Waals surface area contributed by atoms with Crippen LogP contribution in [-0.2, 0) is 16.0 Å². The molecule has 1 aliphatic rings. The van der Waals surface area contributed by atoms with Crippen molar-refractivity contribution in [3.63, 3.8) is 0 Å². The van der Waals surface area contributed by atoms with Crippen LogP contribution in [0, 0.1) is 0 Å². The van der Waals surface area contributed by atoms with Crippen molar-refractivity contribution in [1.82, 2.24) is 5.43 Å². The summed E-state index contributed by atoms with van der Waals surface area (Å²) in [6, 6.07) is 13.7. The van der Waals surface area contributed by atoms with Crippen molar-refractivity contribution in [2.24, 2.45) is 5.10 Å². The van der Waals surface area contributed by atoms with E-state index in [2.05, 4.69) is 21.5 Å². The lowest BCUT2D eigenvalue weighted by molar-refractivity contribution is -0.120. The number of hydrogen-bond donors (Lipinski definition) is 1. The Balaban J connectivity index is 1.50. The first-order chi connectivity index (χ1) is 11.3. The van der Waals surface area contributed by atoms with E-state index in [4.69, 9.17) is 4.74 Å². The van der Waals surface area contributed by atoms with Crippen LogP contribution < -0.4 is 10.3 Å². The lowest BCUT2D eigenvalue weighted by atomic mass is 10.1. The van der Waals surface area contributed by atoms with Gasteiger partial charge in [-0.2, -0.15) is 5.10 Å². The molecule has 1 fully saturated rings. The van der Waals surface area contributed by atoms with E-state index in [0.717, 1.165) is 36.7 Å². The maximum Gasteiger partial charge on any atom is 0.244 e. The van der Waals surface area contributed by atoms with Crippen molar-refractivity contribution in [2.45, 2.75) is 6.42 Å². The Labute approximate surface area is 139 Å². The van der Waals surface area contributed by atoms with Crippen molar-refractivity contribution >= 4 is 28.5 Å². The van der Waals surface area contributed by atoms with Gasteiger partial charge in [0.1, 0.15) is 0 Å². The number of carbonyl (C=O) groups is 1. The fraction of sp³-hybridized carbons (Fsp3) is 0.294. The zero-order valence-corrected chi connectivity index (χ0v) is 13.6. The summed E-state index contributed by atoms with van der Waals surface area (Å²) in [6.07, 6.45) is 2.03. The van der Waals surface area contributed by atoms with Crippen LogP contribution in [0.5, 0.6) is 0 Å². The number of carbonyl (C=O) groups excluding carboxylic acids is 1. The molecule has 0 saturated carbocycles. The van der Waals surface area contributed by atoms with Crippen LogP contribution in [0.1, 0.15) is 10.4 Å². The number of ether oxygens (including phenoxy) is 1. The molecular formula is C17H19N3O2S. The highest BCUT2D eigenvalue weighted by atomic mass is 32.1. The van der Waals surface area contributed by atoms with Crippen molar-refractivity contribution in [1.29, 1.82) is 0 Å². The smallest absolute Gasteiger partial charge is 0.244 e. The first-order valence-corrected chi connectivity index (χ1v) is 8.41. The molecule has 1 aliphatic heterocycles. The van der Waals surface area contributed by atoms with Gasteiger partial charge in [0.15, 0.2) is 0 Å². The molecule has 0 radical (unpaired) electrons. The van der Waals surface area contributed by atoms with Gasteiger partial charge in [-0.15, -0.1) is 11.3 Å². The predicted octanol–water partition coefficient (Wildman–Crippen LogP) is 2.28. The average Bonchev–Trinajstić information content (AvgIpc) is 3.05. The van der Waals surface area contributed by atoms with Gasteiger partial charge in [-0.25, -0.2) is 5.43 Å². The topological polar surface area (TPSA) is 53.9 Å². The third-order valence-electron chi connectivity index (χ3n) is 3.52. The summed E-state index contributed by atoms with van der Waals surface area (Å²) in [5, 5.41) is 5.25. The Hall–Kier alpha value is -2.18. The Kier molecular flexibility index (Phi) is 5.39. The second-order valence-electron chi connectivity index (χ2n) is 5.23. The highest BCUT2D eigenvalue weighted by Gasteiger charge is 2.12. The number of benzene rings is 1. The number of morpholine rings is 1. The van der Waals surface area contributed by atoms with E-state index in [1.54, 1.807) is 17.6 Å². The molecule has 0 aliphatic carbocycles. The Bertz CT molecular complexity index is 663. The fourth-order valence-corrected chi connectivity index (χ4v) is 3.28. The normalized spacial score (nSPS) is 15.0. The van der Waals surface area contributed by atoms with E-state index >= 15 is 0 Å². The molecule has 2 heterocycles. The van der Waals surface area contributed by atoms with E-state index < -0.39 is 0 Å².